The Morgan fingerprint density at radius 3 is 2.60 bits per heavy atom. The third-order valence-electron chi connectivity index (χ3n) is 3.79. The molecule has 7 heteroatoms. The second-order valence-electron chi connectivity index (χ2n) is 6.01. The minimum absolute atomic E-state index is 0.0881. The quantitative estimate of drug-likeness (QED) is 0.753. The molecule has 1 aromatic rings. The van der Waals surface area contributed by atoms with Crippen molar-refractivity contribution in [3.63, 3.8) is 0 Å². The van der Waals surface area contributed by atoms with Crippen molar-refractivity contribution in [1.82, 2.24) is 19.8 Å². The van der Waals surface area contributed by atoms with E-state index >= 15 is 0 Å². The van der Waals surface area contributed by atoms with E-state index in [0.717, 1.165) is 6.54 Å². The lowest BCUT2D eigenvalue weighted by Crippen LogP contribution is -2.36. The van der Waals surface area contributed by atoms with Gasteiger partial charge in [-0.3, -0.25) is 4.68 Å². The van der Waals surface area contributed by atoms with Gasteiger partial charge in [0.25, 0.3) is 0 Å². The lowest BCUT2D eigenvalue weighted by molar-refractivity contribution is 0.252. The summed E-state index contributed by atoms with van der Waals surface area (Å²) in [5.41, 5.74) is -0.0881. The van der Waals surface area contributed by atoms with E-state index in [4.69, 9.17) is 0 Å². The summed E-state index contributed by atoms with van der Waals surface area (Å²) in [6.07, 6.45) is 2.95. The maximum Gasteiger partial charge on any atom is 0.243 e. The Morgan fingerprint density at radius 1 is 1.40 bits per heavy atom. The van der Waals surface area contributed by atoms with Crippen molar-refractivity contribution in [2.24, 2.45) is 11.3 Å². The summed E-state index contributed by atoms with van der Waals surface area (Å²) in [5, 5.41) is 7.05. The van der Waals surface area contributed by atoms with Gasteiger partial charge < -0.3 is 5.32 Å². The van der Waals surface area contributed by atoms with Gasteiger partial charge in [0.2, 0.25) is 10.0 Å². The van der Waals surface area contributed by atoms with Gasteiger partial charge in [-0.1, -0.05) is 27.7 Å². The van der Waals surface area contributed by atoms with Crippen LogP contribution in [-0.4, -0.2) is 38.3 Å². The van der Waals surface area contributed by atoms with Crippen molar-refractivity contribution in [1.29, 1.82) is 0 Å². The molecule has 1 rings (SSSR count). The molecule has 1 heterocycles. The number of rotatable bonds is 8. The molecule has 2 N–H and O–H groups in total. The molecule has 0 fully saturated rings. The van der Waals surface area contributed by atoms with Crippen LogP contribution in [0.4, 0.5) is 0 Å². The summed E-state index contributed by atoms with van der Waals surface area (Å²) >= 11 is 0. The fourth-order valence-corrected chi connectivity index (χ4v) is 2.58. The lowest BCUT2D eigenvalue weighted by atomic mass is 9.81. The molecule has 0 aromatic carbocycles. The Morgan fingerprint density at radius 2 is 2.05 bits per heavy atom. The van der Waals surface area contributed by atoms with Crippen LogP contribution in [0.1, 0.15) is 27.7 Å². The summed E-state index contributed by atoms with van der Waals surface area (Å²) in [7, 11) is -1.64. The maximum atomic E-state index is 12.2. The number of nitrogens with one attached hydrogen (secondary N) is 2. The Labute approximate surface area is 122 Å². The summed E-state index contributed by atoms with van der Waals surface area (Å²) in [6.45, 7) is 10.1. The first-order chi connectivity index (χ1) is 9.19. The van der Waals surface area contributed by atoms with E-state index in [9.17, 15) is 8.42 Å². The molecule has 0 aliphatic carbocycles. The predicted octanol–water partition coefficient (Wildman–Crippen LogP) is 1.06. The van der Waals surface area contributed by atoms with Gasteiger partial charge in [0.1, 0.15) is 4.90 Å². The first-order valence-corrected chi connectivity index (χ1v) is 8.34. The average Bonchev–Trinajstić information content (AvgIpc) is 2.83. The van der Waals surface area contributed by atoms with Crippen LogP contribution >= 0.6 is 0 Å². The number of hydrogen-bond donors (Lipinski definition) is 2. The summed E-state index contributed by atoms with van der Waals surface area (Å²) < 4.78 is 28.7. The van der Waals surface area contributed by atoms with Gasteiger partial charge >= 0.3 is 0 Å². The SMILES string of the molecule is CNCCn1cc(S(=O)(=O)NCC(C)(C)C(C)C)cn1. The molecule has 0 unspecified atom stereocenters. The number of sulfonamides is 1. The second-order valence-corrected chi connectivity index (χ2v) is 7.78. The van der Waals surface area contributed by atoms with E-state index in [1.165, 1.54) is 6.20 Å². The van der Waals surface area contributed by atoms with Crippen LogP contribution in [0.5, 0.6) is 0 Å². The molecule has 0 atom stereocenters. The van der Waals surface area contributed by atoms with Crippen LogP contribution in [0.3, 0.4) is 0 Å². The first kappa shape index (κ1) is 17.1. The molecule has 0 bridgehead atoms. The smallest absolute Gasteiger partial charge is 0.243 e. The number of likely N-dealkylation sites (N-methyl/N-ethyl adjacent to an activating group) is 1. The molecule has 6 nitrogen and oxygen atoms in total. The number of aromatic nitrogens is 2. The molecule has 116 valence electrons. The number of nitrogens with zero attached hydrogens (tertiary/aromatic N) is 2. The van der Waals surface area contributed by atoms with Crippen molar-refractivity contribution in [3.8, 4) is 0 Å². The Balaban J connectivity index is 2.72. The van der Waals surface area contributed by atoms with Gasteiger partial charge in [-0.05, 0) is 18.4 Å². The van der Waals surface area contributed by atoms with E-state index < -0.39 is 10.0 Å². The molecular weight excluding hydrogens is 276 g/mol. The van der Waals surface area contributed by atoms with Gasteiger partial charge in [-0.15, -0.1) is 0 Å². The molecule has 0 amide bonds. The molecule has 0 aliphatic heterocycles. The van der Waals surface area contributed by atoms with Crippen molar-refractivity contribution < 1.29 is 8.42 Å². The van der Waals surface area contributed by atoms with Crippen LogP contribution in [0, 0.1) is 11.3 Å². The van der Waals surface area contributed by atoms with Crippen molar-refractivity contribution in [2.45, 2.75) is 39.1 Å². The largest absolute Gasteiger partial charge is 0.318 e. The second kappa shape index (κ2) is 6.69. The van der Waals surface area contributed by atoms with E-state index in [1.54, 1.807) is 10.9 Å². The summed E-state index contributed by atoms with van der Waals surface area (Å²) in [6, 6.07) is 0. The van der Waals surface area contributed by atoms with Crippen LogP contribution < -0.4 is 10.0 Å². The van der Waals surface area contributed by atoms with Crippen molar-refractivity contribution in [3.05, 3.63) is 12.4 Å². The van der Waals surface area contributed by atoms with E-state index in [2.05, 4.69) is 42.8 Å². The van der Waals surface area contributed by atoms with Gasteiger partial charge in [-0.25, -0.2) is 13.1 Å². The van der Waals surface area contributed by atoms with E-state index in [1.807, 2.05) is 7.05 Å². The van der Waals surface area contributed by atoms with E-state index in [-0.39, 0.29) is 10.3 Å². The third-order valence-corrected chi connectivity index (χ3v) is 5.15. The highest BCUT2D eigenvalue weighted by molar-refractivity contribution is 7.89. The van der Waals surface area contributed by atoms with Gasteiger partial charge in [0, 0.05) is 19.3 Å². The molecule has 1 aromatic heterocycles. The van der Waals surface area contributed by atoms with Gasteiger partial charge in [-0.2, -0.15) is 5.10 Å². The summed E-state index contributed by atoms with van der Waals surface area (Å²) in [5.74, 6) is 0.392. The average molecular weight is 302 g/mol. The normalized spacial score (nSPS) is 13.1. The third kappa shape index (κ3) is 4.57. The predicted molar refractivity (Wildman–Crippen MR) is 80.0 cm³/mol. The number of hydrogen-bond acceptors (Lipinski definition) is 4. The highest BCUT2D eigenvalue weighted by Gasteiger charge is 2.26. The minimum atomic E-state index is -3.48. The Bertz CT molecular complexity index is 520. The fraction of sp³-hybridized carbons (Fsp3) is 0.769. The summed E-state index contributed by atoms with van der Waals surface area (Å²) in [4.78, 5) is 0.216. The lowest BCUT2D eigenvalue weighted by Gasteiger charge is -2.29. The maximum absolute atomic E-state index is 12.2. The van der Waals surface area contributed by atoms with Crippen LogP contribution in [0.2, 0.25) is 0 Å². The van der Waals surface area contributed by atoms with Crippen molar-refractivity contribution >= 4 is 10.0 Å². The highest BCUT2D eigenvalue weighted by atomic mass is 32.2. The molecule has 0 spiro atoms. The molecular formula is C13H26N4O2S. The zero-order valence-electron chi connectivity index (χ0n) is 13.0. The zero-order chi connectivity index (χ0) is 15.4. The Hall–Kier alpha value is -0.920. The van der Waals surface area contributed by atoms with E-state index in [0.29, 0.717) is 19.0 Å². The molecule has 20 heavy (non-hydrogen) atoms. The van der Waals surface area contributed by atoms with Crippen LogP contribution in [-0.2, 0) is 16.6 Å². The molecule has 0 aliphatic rings. The van der Waals surface area contributed by atoms with Crippen LogP contribution in [0.15, 0.2) is 17.3 Å². The highest BCUT2D eigenvalue weighted by Crippen LogP contribution is 2.25. The standard InChI is InChI=1S/C13H26N4O2S/c1-11(2)13(3,4)10-16-20(18,19)12-8-15-17(9-12)7-6-14-5/h8-9,11,14,16H,6-7,10H2,1-5H3. The van der Waals surface area contributed by atoms with Crippen molar-refractivity contribution in [2.75, 3.05) is 20.1 Å². The fourth-order valence-electron chi connectivity index (χ4n) is 1.40. The zero-order valence-corrected chi connectivity index (χ0v) is 13.8. The van der Waals surface area contributed by atoms with Crippen LogP contribution in [0.25, 0.3) is 0 Å². The Kier molecular flexibility index (Phi) is 5.73. The van der Waals surface area contributed by atoms with Gasteiger partial charge in [0.05, 0.1) is 12.7 Å². The molecule has 0 radical (unpaired) electrons. The minimum Gasteiger partial charge on any atom is -0.318 e. The molecule has 0 saturated heterocycles. The topological polar surface area (TPSA) is 76.0 Å². The molecule has 0 saturated carbocycles. The monoisotopic (exact) mass is 302 g/mol. The first-order valence-electron chi connectivity index (χ1n) is 6.86. The van der Waals surface area contributed by atoms with Gasteiger partial charge in [0.15, 0.2) is 0 Å².